The predicted molar refractivity (Wildman–Crippen MR) is 90.6 cm³/mol. The van der Waals surface area contributed by atoms with E-state index in [9.17, 15) is 0 Å². The molecule has 21 heavy (non-hydrogen) atoms. The molecule has 1 aliphatic heterocycles. The van der Waals surface area contributed by atoms with E-state index in [1.54, 1.807) is 18.0 Å². The Labute approximate surface area is 140 Å². The summed E-state index contributed by atoms with van der Waals surface area (Å²) in [6.45, 7) is 2.06. The van der Waals surface area contributed by atoms with Gasteiger partial charge in [-0.05, 0) is 55.3 Å². The summed E-state index contributed by atoms with van der Waals surface area (Å²) in [4.78, 5) is 1.21. The molecule has 0 fully saturated rings. The van der Waals surface area contributed by atoms with Crippen LogP contribution >= 0.6 is 35.8 Å². The van der Waals surface area contributed by atoms with Crippen molar-refractivity contribution in [1.82, 2.24) is 15.5 Å². The fourth-order valence-corrected chi connectivity index (χ4v) is 3.82. The summed E-state index contributed by atoms with van der Waals surface area (Å²) in [5.41, 5.74) is 3.80. The minimum atomic E-state index is 0. The molecule has 6 heteroatoms. The third-order valence-electron chi connectivity index (χ3n) is 3.42. The molecule has 3 rings (SSSR count). The van der Waals surface area contributed by atoms with Crippen LogP contribution in [-0.4, -0.2) is 23.3 Å². The van der Waals surface area contributed by atoms with Gasteiger partial charge in [-0.25, -0.2) is 0 Å². The van der Waals surface area contributed by atoms with Crippen LogP contribution in [0.15, 0.2) is 35.4 Å². The first kappa shape index (κ1) is 16.6. The molecule has 0 saturated heterocycles. The van der Waals surface area contributed by atoms with Gasteiger partial charge in [-0.15, -0.1) is 24.2 Å². The number of thioether (sulfide) groups is 1. The SMILES string of the molecule is Cl.Clc1ccc2c(c1SCc1cccnn1)CCNCC2. The van der Waals surface area contributed by atoms with E-state index in [-0.39, 0.29) is 12.4 Å². The van der Waals surface area contributed by atoms with E-state index in [2.05, 4.69) is 21.6 Å². The number of rotatable bonds is 3. The van der Waals surface area contributed by atoms with Crippen molar-refractivity contribution < 1.29 is 0 Å². The fraction of sp³-hybridized carbons (Fsp3) is 0.333. The molecule has 0 saturated carbocycles. The van der Waals surface area contributed by atoms with Gasteiger partial charge in [-0.2, -0.15) is 10.2 Å². The molecule has 0 spiro atoms. The highest BCUT2D eigenvalue weighted by Crippen LogP contribution is 2.35. The maximum absolute atomic E-state index is 6.40. The van der Waals surface area contributed by atoms with Crippen LogP contribution < -0.4 is 5.32 Å². The number of nitrogens with zero attached hydrogens (tertiary/aromatic N) is 2. The Kier molecular flexibility index (Phi) is 6.30. The number of aromatic nitrogens is 2. The fourth-order valence-electron chi connectivity index (χ4n) is 2.42. The molecule has 0 aliphatic carbocycles. The van der Waals surface area contributed by atoms with E-state index in [1.807, 2.05) is 18.2 Å². The van der Waals surface area contributed by atoms with Crippen LogP contribution in [0.2, 0.25) is 5.02 Å². The summed E-state index contributed by atoms with van der Waals surface area (Å²) in [6, 6.07) is 8.10. The summed E-state index contributed by atoms with van der Waals surface area (Å²) in [6.07, 6.45) is 3.81. The zero-order valence-corrected chi connectivity index (χ0v) is 13.9. The molecule has 1 N–H and O–H groups in total. The monoisotopic (exact) mass is 341 g/mol. The quantitative estimate of drug-likeness (QED) is 0.866. The van der Waals surface area contributed by atoms with Gasteiger partial charge in [0.25, 0.3) is 0 Å². The summed E-state index contributed by atoms with van der Waals surface area (Å²) in [7, 11) is 0. The van der Waals surface area contributed by atoms with E-state index in [0.29, 0.717) is 0 Å². The molecule has 0 unspecified atom stereocenters. The molecule has 0 bridgehead atoms. The Morgan fingerprint density at radius 3 is 2.86 bits per heavy atom. The van der Waals surface area contributed by atoms with Crippen molar-refractivity contribution in [2.24, 2.45) is 0 Å². The largest absolute Gasteiger partial charge is 0.316 e. The third kappa shape index (κ3) is 4.10. The van der Waals surface area contributed by atoms with E-state index in [1.165, 1.54) is 16.0 Å². The molecular formula is C15H17Cl2N3S. The molecule has 0 radical (unpaired) electrons. The zero-order chi connectivity index (χ0) is 13.8. The maximum Gasteiger partial charge on any atom is 0.0733 e. The summed E-state index contributed by atoms with van der Waals surface area (Å²) < 4.78 is 0. The number of hydrogen-bond acceptors (Lipinski definition) is 4. The lowest BCUT2D eigenvalue weighted by Crippen LogP contribution is -2.16. The lowest BCUT2D eigenvalue weighted by Gasteiger charge is -2.13. The molecule has 0 amide bonds. The van der Waals surface area contributed by atoms with Crippen LogP contribution in [0.4, 0.5) is 0 Å². The van der Waals surface area contributed by atoms with Crippen molar-refractivity contribution in [3.63, 3.8) is 0 Å². The molecule has 1 aromatic heterocycles. The predicted octanol–water partition coefficient (Wildman–Crippen LogP) is 3.53. The highest BCUT2D eigenvalue weighted by molar-refractivity contribution is 7.98. The van der Waals surface area contributed by atoms with E-state index < -0.39 is 0 Å². The minimum Gasteiger partial charge on any atom is -0.316 e. The van der Waals surface area contributed by atoms with Crippen molar-refractivity contribution >= 4 is 35.8 Å². The van der Waals surface area contributed by atoms with Crippen molar-refractivity contribution in [2.45, 2.75) is 23.5 Å². The second-order valence-corrected chi connectivity index (χ2v) is 6.16. The number of nitrogens with one attached hydrogen (secondary N) is 1. The summed E-state index contributed by atoms with van der Waals surface area (Å²) >= 11 is 8.17. The lowest BCUT2D eigenvalue weighted by molar-refractivity contribution is 0.709. The van der Waals surface area contributed by atoms with Crippen LogP contribution in [0.25, 0.3) is 0 Å². The van der Waals surface area contributed by atoms with Gasteiger partial charge in [0.1, 0.15) is 0 Å². The molecule has 112 valence electrons. The molecular weight excluding hydrogens is 325 g/mol. The van der Waals surface area contributed by atoms with Crippen LogP contribution in [0, 0.1) is 0 Å². The Hall–Kier alpha value is -0.810. The standard InChI is InChI=1S/C15H16ClN3S.ClH/c16-14-4-3-11-5-8-17-9-6-13(11)15(14)20-10-12-2-1-7-18-19-12;/h1-4,7,17H,5-6,8-10H2;1H. The van der Waals surface area contributed by atoms with Crippen LogP contribution in [0.1, 0.15) is 16.8 Å². The van der Waals surface area contributed by atoms with E-state index >= 15 is 0 Å². The summed E-state index contributed by atoms with van der Waals surface area (Å²) in [5.74, 6) is 0.803. The van der Waals surface area contributed by atoms with Gasteiger partial charge >= 0.3 is 0 Å². The van der Waals surface area contributed by atoms with Gasteiger partial charge in [-0.3, -0.25) is 0 Å². The molecule has 1 aromatic carbocycles. The topological polar surface area (TPSA) is 37.8 Å². The van der Waals surface area contributed by atoms with E-state index in [0.717, 1.165) is 42.4 Å². The molecule has 0 atom stereocenters. The van der Waals surface area contributed by atoms with Crippen LogP contribution in [0.3, 0.4) is 0 Å². The Morgan fingerprint density at radius 2 is 2.05 bits per heavy atom. The van der Waals surface area contributed by atoms with Gasteiger partial charge < -0.3 is 5.32 Å². The summed E-state index contributed by atoms with van der Waals surface area (Å²) in [5, 5.41) is 12.3. The van der Waals surface area contributed by atoms with Crippen LogP contribution in [0.5, 0.6) is 0 Å². The van der Waals surface area contributed by atoms with Crippen molar-refractivity contribution in [3.05, 3.63) is 52.3 Å². The third-order valence-corrected chi connectivity index (χ3v) is 5.05. The minimum absolute atomic E-state index is 0. The molecule has 2 heterocycles. The van der Waals surface area contributed by atoms with Gasteiger partial charge in [-0.1, -0.05) is 17.7 Å². The van der Waals surface area contributed by atoms with Gasteiger partial charge in [0.15, 0.2) is 0 Å². The van der Waals surface area contributed by atoms with Crippen molar-refractivity contribution in [1.29, 1.82) is 0 Å². The lowest BCUT2D eigenvalue weighted by atomic mass is 10.0. The van der Waals surface area contributed by atoms with E-state index in [4.69, 9.17) is 11.6 Å². The normalized spacial score (nSPS) is 14.0. The molecule has 3 nitrogen and oxygen atoms in total. The first-order valence-electron chi connectivity index (χ1n) is 6.75. The first-order chi connectivity index (χ1) is 9.84. The highest BCUT2D eigenvalue weighted by Gasteiger charge is 2.15. The van der Waals surface area contributed by atoms with Crippen molar-refractivity contribution in [2.75, 3.05) is 13.1 Å². The highest BCUT2D eigenvalue weighted by atomic mass is 35.5. The second-order valence-electron chi connectivity index (χ2n) is 4.77. The number of benzene rings is 1. The number of fused-ring (bicyclic) bond motifs is 1. The smallest absolute Gasteiger partial charge is 0.0733 e. The Morgan fingerprint density at radius 1 is 1.19 bits per heavy atom. The average Bonchev–Trinajstić information content (AvgIpc) is 2.73. The Bertz CT molecular complexity index is 593. The maximum atomic E-state index is 6.40. The van der Waals surface area contributed by atoms with Gasteiger partial charge in [0, 0.05) is 16.8 Å². The molecule has 1 aliphatic rings. The molecule has 2 aromatic rings. The number of halogens is 2. The van der Waals surface area contributed by atoms with Crippen molar-refractivity contribution in [3.8, 4) is 0 Å². The average molecular weight is 342 g/mol. The van der Waals surface area contributed by atoms with Crippen LogP contribution in [-0.2, 0) is 18.6 Å². The van der Waals surface area contributed by atoms with Gasteiger partial charge in [0.05, 0.1) is 10.7 Å². The zero-order valence-electron chi connectivity index (χ0n) is 11.5. The Balaban J connectivity index is 0.00000161. The first-order valence-corrected chi connectivity index (χ1v) is 8.11. The second kappa shape index (κ2) is 7.99. The van der Waals surface area contributed by atoms with Gasteiger partial charge in [0.2, 0.25) is 0 Å². The number of hydrogen-bond donors (Lipinski definition) is 1.